The van der Waals surface area contributed by atoms with E-state index < -0.39 is 0 Å². The van der Waals surface area contributed by atoms with Gasteiger partial charge in [-0.1, -0.05) is 38.1 Å². The van der Waals surface area contributed by atoms with Gasteiger partial charge in [-0.05, 0) is 48.2 Å². The molecule has 0 unspecified atom stereocenters. The Hall–Kier alpha value is -3.51. The van der Waals surface area contributed by atoms with Gasteiger partial charge in [0.15, 0.2) is 5.13 Å². The molecule has 2 aliphatic heterocycles. The molecular weight excluding hydrogens is 440 g/mol. The van der Waals surface area contributed by atoms with Crippen LogP contribution in [0.25, 0.3) is 0 Å². The number of nitrogens with zero attached hydrogens (tertiary/aromatic N) is 4. The minimum absolute atomic E-state index is 0.498. The maximum atomic E-state index is 6.36. The lowest BCUT2D eigenvalue weighted by Gasteiger charge is -2.20. The number of thiazole rings is 1. The van der Waals surface area contributed by atoms with Crippen molar-refractivity contribution in [1.29, 1.82) is 0 Å². The summed E-state index contributed by atoms with van der Waals surface area (Å²) in [6, 6.07) is 23.3. The fraction of sp³-hybridized carbons (Fsp3) is 0.250. The van der Waals surface area contributed by atoms with E-state index in [1.807, 2.05) is 12.3 Å². The fourth-order valence-electron chi connectivity index (χ4n) is 4.74. The number of para-hydroxylation sites is 2. The van der Waals surface area contributed by atoms with Gasteiger partial charge >= 0.3 is 0 Å². The molecule has 2 aliphatic rings. The van der Waals surface area contributed by atoms with E-state index in [9.17, 15) is 0 Å². The van der Waals surface area contributed by atoms with Crippen LogP contribution in [0, 0.1) is 0 Å². The summed E-state index contributed by atoms with van der Waals surface area (Å²) in [5.41, 5.74) is 6.14. The average molecular weight is 469 g/mol. The summed E-state index contributed by atoms with van der Waals surface area (Å²) in [7, 11) is 2.13. The molecule has 0 N–H and O–H groups in total. The van der Waals surface area contributed by atoms with Gasteiger partial charge < -0.3 is 19.4 Å². The number of hydrogen-bond acceptors (Lipinski definition) is 6. The van der Waals surface area contributed by atoms with Crippen molar-refractivity contribution in [2.45, 2.75) is 26.2 Å². The molecule has 0 radical (unpaired) electrons. The highest BCUT2D eigenvalue weighted by atomic mass is 32.1. The number of anilines is 5. The third-order valence-electron chi connectivity index (χ3n) is 6.57. The van der Waals surface area contributed by atoms with Gasteiger partial charge in [-0.15, -0.1) is 11.3 Å². The Labute approximate surface area is 204 Å². The molecule has 0 atom stereocenters. The predicted molar refractivity (Wildman–Crippen MR) is 142 cm³/mol. The second-order valence-corrected chi connectivity index (χ2v) is 10.3. The molecule has 172 valence electrons. The molecule has 6 heteroatoms. The van der Waals surface area contributed by atoms with Crippen LogP contribution in [0.15, 0.2) is 72.9 Å². The van der Waals surface area contributed by atoms with Crippen molar-refractivity contribution < 1.29 is 4.74 Å². The Bertz CT molecular complexity index is 1350. The van der Waals surface area contributed by atoms with Crippen LogP contribution in [0.3, 0.4) is 0 Å². The minimum Gasteiger partial charge on any atom is -0.457 e. The largest absolute Gasteiger partial charge is 0.457 e. The SMILES string of the molecule is CC(C)c1cnc(N2CCc3ccc(Oc4cccc(N5CN(C)c6ccccc65)c4)cc32)s1. The maximum Gasteiger partial charge on any atom is 0.190 e. The van der Waals surface area contributed by atoms with Crippen molar-refractivity contribution >= 4 is 39.2 Å². The third kappa shape index (κ3) is 3.68. The smallest absolute Gasteiger partial charge is 0.190 e. The topological polar surface area (TPSA) is 31.8 Å². The molecule has 5 nitrogen and oxygen atoms in total. The molecule has 1 aromatic heterocycles. The van der Waals surface area contributed by atoms with Crippen molar-refractivity contribution in [2.24, 2.45) is 0 Å². The summed E-state index contributed by atoms with van der Waals surface area (Å²) >= 11 is 1.79. The standard InChI is InChI=1S/C28H28N4OS/c1-19(2)27-17-29-28(34-27)31-14-13-20-11-12-23(16-26(20)31)33-22-8-6-7-21(15-22)32-18-30(3)24-9-4-5-10-25(24)32/h4-12,15-17,19H,13-14,18H2,1-3H3. The molecule has 0 bridgehead atoms. The lowest BCUT2D eigenvalue weighted by molar-refractivity contribution is 0.483. The van der Waals surface area contributed by atoms with Gasteiger partial charge in [0.1, 0.15) is 11.5 Å². The van der Waals surface area contributed by atoms with Crippen molar-refractivity contribution in [3.05, 3.63) is 83.4 Å². The minimum atomic E-state index is 0.498. The van der Waals surface area contributed by atoms with Crippen LogP contribution < -0.4 is 19.4 Å². The van der Waals surface area contributed by atoms with Gasteiger partial charge in [-0.3, -0.25) is 0 Å². The number of aromatic nitrogens is 1. The van der Waals surface area contributed by atoms with Gasteiger partial charge in [0, 0.05) is 42.5 Å². The molecule has 0 amide bonds. The maximum absolute atomic E-state index is 6.36. The van der Waals surface area contributed by atoms with Gasteiger partial charge in [0.25, 0.3) is 0 Å². The van der Waals surface area contributed by atoms with Crippen LogP contribution in [-0.2, 0) is 6.42 Å². The number of rotatable bonds is 5. The highest BCUT2D eigenvalue weighted by Gasteiger charge is 2.25. The molecule has 4 aromatic rings. The molecule has 0 saturated carbocycles. The van der Waals surface area contributed by atoms with Crippen LogP contribution in [0.2, 0.25) is 0 Å². The van der Waals surface area contributed by atoms with E-state index in [2.05, 4.69) is 96.3 Å². The molecule has 3 heterocycles. The Balaban J connectivity index is 1.26. The monoisotopic (exact) mass is 468 g/mol. The van der Waals surface area contributed by atoms with E-state index in [1.165, 1.54) is 27.5 Å². The van der Waals surface area contributed by atoms with Crippen LogP contribution in [0.4, 0.5) is 27.9 Å². The zero-order chi connectivity index (χ0) is 23.2. The zero-order valence-corrected chi connectivity index (χ0v) is 20.5. The molecule has 0 spiro atoms. The summed E-state index contributed by atoms with van der Waals surface area (Å²) in [6.45, 7) is 6.21. The van der Waals surface area contributed by atoms with Crippen molar-refractivity contribution in [1.82, 2.24) is 4.98 Å². The normalized spacial score (nSPS) is 14.6. The lowest BCUT2D eigenvalue weighted by Crippen LogP contribution is -2.23. The summed E-state index contributed by atoms with van der Waals surface area (Å²) in [5, 5.41) is 1.07. The number of benzene rings is 3. The van der Waals surface area contributed by atoms with Gasteiger partial charge in [0.2, 0.25) is 0 Å². The fourth-order valence-corrected chi connectivity index (χ4v) is 5.70. The van der Waals surface area contributed by atoms with E-state index in [0.29, 0.717) is 5.92 Å². The second-order valence-electron chi connectivity index (χ2n) is 9.25. The predicted octanol–water partition coefficient (Wildman–Crippen LogP) is 7.30. The lowest BCUT2D eigenvalue weighted by atomic mass is 10.1. The average Bonchev–Trinajstić information content (AvgIpc) is 3.57. The van der Waals surface area contributed by atoms with Crippen LogP contribution in [0.1, 0.15) is 30.2 Å². The van der Waals surface area contributed by atoms with E-state index in [-0.39, 0.29) is 0 Å². The summed E-state index contributed by atoms with van der Waals surface area (Å²) in [4.78, 5) is 12.9. The first kappa shape index (κ1) is 21.1. The first-order chi connectivity index (χ1) is 16.6. The Morgan fingerprint density at radius 2 is 1.71 bits per heavy atom. The number of ether oxygens (including phenoxy) is 1. The number of fused-ring (bicyclic) bond motifs is 2. The van der Waals surface area contributed by atoms with E-state index in [0.717, 1.165) is 42.0 Å². The van der Waals surface area contributed by atoms with Crippen LogP contribution in [0.5, 0.6) is 11.5 Å². The number of hydrogen-bond donors (Lipinski definition) is 0. The van der Waals surface area contributed by atoms with Crippen molar-refractivity contribution in [3.8, 4) is 11.5 Å². The molecule has 3 aromatic carbocycles. The first-order valence-electron chi connectivity index (χ1n) is 11.8. The molecule has 0 fully saturated rings. The van der Waals surface area contributed by atoms with Crippen LogP contribution in [-0.4, -0.2) is 25.2 Å². The molecule has 0 aliphatic carbocycles. The quantitative estimate of drug-likeness (QED) is 0.307. The Morgan fingerprint density at radius 3 is 2.53 bits per heavy atom. The van der Waals surface area contributed by atoms with Crippen LogP contribution >= 0.6 is 11.3 Å². The zero-order valence-electron chi connectivity index (χ0n) is 19.7. The van der Waals surface area contributed by atoms with E-state index >= 15 is 0 Å². The molecular formula is C28H28N4OS. The van der Waals surface area contributed by atoms with Gasteiger partial charge in [0.05, 0.1) is 23.7 Å². The Morgan fingerprint density at radius 1 is 0.882 bits per heavy atom. The molecule has 0 saturated heterocycles. The molecule has 6 rings (SSSR count). The highest BCUT2D eigenvalue weighted by molar-refractivity contribution is 7.15. The Kier molecular flexibility index (Phi) is 5.18. The first-order valence-corrected chi connectivity index (χ1v) is 12.6. The second kappa shape index (κ2) is 8.37. The van der Waals surface area contributed by atoms with Gasteiger partial charge in [-0.25, -0.2) is 4.98 Å². The summed E-state index contributed by atoms with van der Waals surface area (Å²) < 4.78 is 6.36. The summed E-state index contributed by atoms with van der Waals surface area (Å²) in [5.74, 6) is 2.19. The third-order valence-corrected chi connectivity index (χ3v) is 7.89. The van der Waals surface area contributed by atoms with Crippen molar-refractivity contribution in [2.75, 3.05) is 35.0 Å². The van der Waals surface area contributed by atoms with E-state index in [1.54, 1.807) is 11.3 Å². The van der Waals surface area contributed by atoms with Gasteiger partial charge in [-0.2, -0.15) is 0 Å². The van der Waals surface area contributed by atoms with E-state index in [4.69, 9.17) is 9.72 Å². The summed E-state index contributed by atoms with van der Waals surface area (Å²) in [6.07, 6.45) is 3.05. The molecule has 34 heavy (non-hydrogen) atoms. The highest BCUT2D eigenvalue weighted by Crippen LogP contribution is 2.42. The van der Waals surface area contributed by atoms with Crippen molar-refractivity contribution in [3.63, 3.8) is 0 Å².